The van der Waals surface area contributed by atoms with E-state index >= 15 is 0 Å². The normalized spacial score (nSPS) is 16.0. The van der Waals surface area contributed by atoms with Crippen LogP contribution in [-0.2, 0) is 0 Å². The van der Waals surface area contributed by atoms with Crippen LogP contribution in [0.5, 0.6) is 0 Å². The van der Waals surface area contributed by atoms with Crippen LogP contribution in [0.15, 0.2) is 12.2 Å². The summed E-state index contributed by atoms with van der Waals surface area (Å²) in [6.45, 7) is 17.6. The Bertz CT molecular complexity index is 172. The lowest BCUT2D eigenvalue weighted by molar-refractivity contribution is 0.234. The Labute approximate surface area is 90.2 Å². The van der Waals surface area contributed by atoms with E-state index in [2.05, 4.69) is 53.1 Å². The Morgan fingerprint density at radius 3 is 2.00 bits per heavy atom. The molecule has 0 fully saturated rings. The minimum Gasteiger partial charge on any atom is -0.306 e. The summed E-state index contributed by atoms with van der Waals surface area (Å²) in [6, 6.07) is 0. The molecule has 0 saturated carbocycles. The second-order valence-corrected chi connectivity index (χ2v) is 5.23. The average Bonchev–Trinajstić information content (AvgIpc) is 2.00. The van der Waals surface area contributed by atoms with Gasteiger partial charge in [-0.2, -0.15) is 0 Å². The van der Waals surface area contributed by atoms with Crippen molar-refractivity contribution in [3.63, 3.8) is 0 Å². The van der Waals surface area contributed by atoms with Gasteiger partial charge in [0.1, 0.15) is 0 Å². The third kappa shape index (κ3) is 5.43. The van der Waals surface area contributed by atoms with Crippen LogP contribution in [0.4, 0.5) is 0 Å². The van der Waals surface area contributed by atoms with E-state index in [0.717, 1.165) is 5.92 Å². The van der Waals surface area contributed by atoms with Gasteiger partial charge >= 0.3 is 0 Å². The van der Waals surface area contributed by atoms with E-state index in [9.17, 15) is 0 Å². The van der Waals surface area contributed by atoms with Gasteiger partial charge in [-0.15, -0.1) is 0 Å². The SMILES string of the molecule is C=C(C)C(C)C(C)CN(C)CC(C)C. The maximum absolute atomic E-state index is 4.03. The van der Waals surface area contributed by atoms with Crippen LogP contribution in [0.2, 0.25) is 0 Å². The molecule has 1 nitrogen and oxygen atoms in total. The lowest BCUT2D eigenvalue weighted by Gasteiger charge is -2.27. The fourth-order valence-corrected chi connectivity index (χ4v) is 1.83. The fraction of sp³-hybridized carbons (Fsp3) is 0.846. The molecule has 0 saturated heterocycles. The Hall–Kier alpha value is -0.300. The van der Waals surface area contributed by atoms with Gasteiger partial charge in [-0.05, 0) is 31.7 Å². The molecule has 0 radical (unpaired) electrons. The van der Waals surface area contributed by atoms with E-state index in [0.29, 0.717) is 11.8 Å². The Morgan fingerprint density at radius 2 is 1.64 bits per heavy atom. The average molecular weight is 197 g/mol. The van der Waals surface area contributed by atoms with Crippen LogP contribution in [-0.4, -0.2) is 25.0 Å². The number of nitrogens with zero attached hydrogens (tertiary/aromatic N) is 1. The van der Waals surface area contributed by atoms with Crippen LogP contribution in [0.3, 0.4) is 0 Å². The molecule has 0 aliphatic carbocycles. The van der Waals surface area contributed by atoms with E-state index in [-0.39, 0.29) is 0 Å². The van der Waals surface area contributed by atoms with Crippen molar-refractivity contribution < 1.29 is 0 Å². The molecule has 2 unspecified atom stereocenters. The van der Waals surface area contributed by atoms with Gasteiger partial charge < -0.3 is 4.90 Å². The molecule has 2 atom stereocenters. The maximum Gasteiger partial charge on any atom is 0.000970 e. The van der Waals surface area contributed by atoms with Gasteiger partial charge in [0, 0.05) is 13.1 Å². The molecular weight excluding hydrogens is 170 g/mol. The van der Waals surface area contributed by atoms with Crippen molar-refractivity contribution in [2.24, 2.45) is 17.8 Å². The molecule has 0 aromatic heterocycles. The molecule has 1 heteroatoms. The quantitative estimate of drug-likeness (QED) is 0.590. The molecule has 0 amide bonds. The second-order valence-electron chi connectivity index (χ2n) is 5.23. The van der Waals surface area contributed by atoms with Crippen LogP contribution >= 0.6 is 0 Å². The lowest BCUT2D eigenvalue weighted by atomic mass is 9.90. The van der Waals surface area contributed by atoms with Crippen molar-refractivity contribution in [3.05, 3.63) is 12.2 Å². The molecule has 0 aromatic carbocycles. The molecule has 0 N–H and O–H groups in total. The first-order valence-electron chi connectivity index (χ1n) is 5.68. The van der Waals surface area contributed by atoms with Crippen LogP contribution < -0.4 is 0 Å². The topological polar surface area (TPSA) is 3.24 Å². The number of rotatable bonds is 6. The third-order valence-corrected chi connectivity index (χ3v) is 2.91. The standard InChI is InChI=1S/C13H27N/c1-10(2)8-14(7)9-12(5)13(6)11(3)4/h10,12-13H,3,8-9H2,1-2,4-7H3. The molecule has 0 aromatic rings. The van der Waals surface area contributed by atoms with E-state index < -0.39 is 0 Å². The van der Waals surface area contributed by atoms with Crippen LogP contribution in [0, 0.1) is 17.8 Å². The highest BCUT2D eigenvalue weighted by Gasteiger charge is 2.14. The highest BCUT2D eigenvalue weighted by Crippen LogP contribution is 2.19. The second kappa shape index (κ2) is 6.23. The highest BCUT2D eigenvalue weighted by atomic mass is 15.1. The van der Waals surface area contributed by atoms with Gasteiger partial charge in [0.2, 0.25) is 0 Å². The Kier molecular flexibility index (Phi) is 6.10. The molecule has 0 spiro atoms. The molecule has 0 aliphatic heterocycles. The summed E-state index contributed by atoms with van der Waals surface area (Å²) >= 11 is 0. The number of hydrogen-bond acceptors (Lipinski definition) is 1. The zero-order valence-electron chi connectivity index (χ0n) is 10.8. The predicted molar refractivity (Wildman–Crippen MR) is 65.5 cm³/mol. The first kappa shape index (κ1) is 13.7. The van der Waals surface area contributed by atoms with E-state index in [1.54, 1.807) is 0 Å². The van der Waals surface area contributed by atoms with Gasteiger partial charge in [-0.3, -0.25) is 0 Å². The lowest BCUT2D eigenvalue weighted by Crippen LogP contribution is -2.30. The summed E-state index contributed by atoms with van der Waals surface area (Å²) in [5.74, 6) is 2.09. The first-order valence-corrected chi connectivity index (χ1v) is 5.68. The van der Waals surface area contributed by atoms with Gasteiger partial charge in [0.25, 0.3) is 0 Å². The molecule has 0 heterocycles. The summed E-state index contributed by atoms with van der Waals surface area (Å²) in [5.41, 5.74) is 1.30. The molecule has 14 heavy (non-hydrogen) atoms. The summed E-state index contributed by atoms with van der Waals surface area (Å²) < 4.78 is 0. The first-order chi connectivity index (χ1) is 6.34. The van der Waals surface area contributed by atoms with Crippen LogP contribution in [0.25, 0.3) is 0 Å². The van der Waals surface area contributed by atoms with Crippen molar-refractivity contribution in [2.75, 3.05) is 20.1 Å². The van der Waals surface area contributed by atoms with Gasteiger partial charge in [0.15, 0.2) is 0 Å². The summed E-state index contributed by atoms with van der Waals surface area (Å²) in [5, 5.41) is 0. The minimum absolute atomic E-state index is 0.629. The van der Waals surface area contributed by atoms with Crippen molar-refractivity contribution in [1.82, 2.24) is 4.90 Å². The zero-order valence-corrected chi connectivity index (χ0v) is 10.8. The van der Waals surface area contributed by atoms with Gasteiger partial charge in [0.05, 0.1) is 0 Å². The van der Waals surface area contributed by atoms with Crippen molar-refractivity contribution >= 4 is 0 Å². The molecular formula is C13H27N. The monoisotopic (exact) mass is 197 g/mol. The van der Waals surface area contributed by atoms with Crippen molar-refractivity contribution in [3.8, 4) is 0 Å². The molecule has 0 rings (SSSR count). The van der Waals surface area contributed by atoms with Crippen LogP contribution in [0.1, 0.15) is 34.6 Å². The maximum atomic E-state index is 4.03. The molecule has 84 valence electrons. The van der Waals surface area contributed by atoms with Gasteiger partial charge in [-0.25, -0.2) is 0 Å². The zero-order chi connectivity index (χ0) is 11.3. The smallest absolute Gasteiger partial charge is 0.000970 e. The van der Waals surface area contributed by atoms with E-state index in [1.807, 2.05) is 0 Å². The Morgan fingerprint density at radius 1 is 1.14 bits per heavy atom. The molecule has 0 aliphatic rings. The largest absolute Gasteiger partial charge is 0.306 e. The summed E-state index contributed by atoms with van der Waals surface area (Å²) in [4.78, 5) is 2.43. The fourth-order valence-electron chi connectivity index (χ4n) is 1.83. The number of hydrogen-bond donors (Lipinski definition) is 0. The summed E-state index contributed by atoms with van der Waals surface area (Å²) in [6.07, 6.45) is 0. The number of allylic oxidation sites excluding steroid dienone is 1. The van der Waals surface area contributed by atoms with Crippen molar-refractivity contribution in [2.45, 2.75) is 34.6 Å². The third-order valence-electron chi connectivity index (χ3n) is 2.91. The molecule has 0 bridgehead atoms. The summed E-state index contributed by atoms with van der Waals surface area (Å²) in [7, 11) is 2.21. The van der Waals surface area contributed by atoms with Crippen molar-refractivity contribution in [1.29, 1.82) is 0 Å². The van der Waals surface area contributed by atoms with E-state index in [4.69, 9.17) is 0 Å². The predicted octanol–water partition coefficient (Wildman–Crippen LogP) is 3.42. The van der Waals surface area contributed by atoms with Gasteiger partial charge in [-0.1, -0.05) is 39.8 Å². The van der Waals surface area contributed by atoms with E-state index in [1.165, 1.54) is 18.7 Å². The minimum atomic E-state index is 0.629. The highest BCUT2D eigenvalue weighted by molar-refractivity contribution is 4.96. The Balaban J connectivity index is 3.92.